The number of nitrogens with one attached hydrogen (secondary N) is 1. The standard InChI is InChI=1S/C15H6F3N5O4S2/c16-15(17,18)12-21-22-8(5-9-11(24)20-14(25)28-9)10(19-13(22)29-12)6-3-1-2-4-7(6)23(26)27/h1-5H,(H,20,24,25)/b9-5-. The predicted octanol–water partition coefficient (Wildman–Crippen LogP) is 3.71. The lowest BCUT2D eigenvalue weighted by Gasteiger charge is -2.03. The van der Waals surface area contributed by atoms with Gasteiger partial charge in [0.1, 0.15) is 5.69 Å². The lowest BCUT2D eigenvalue weighted by molar-refractivity contribution is -0.384. The van der Waals surface area contributed by atoms with E-state index in [1.807, 2.05) is 5.32 Å². The van der Waals surface area contributed by atoms with Crippen LogP contribution in [-0.2, 0) is 11.0 Å². The van der Waals surface area contributed by atoms with Crippen molar-refractivity contribution in [2.24, 2.45) is 0 Å². The molecule has 0 unspecified atom stereocenters. The first kappa shape index (κ1) is 19.1. The zero-order chi connectivity index (χ0) is 20.9. The number of carbonyl (C=O) groups excluding carboxylic acids is 2. The van der Waals surface area contributed by atoms with Crippen LogP contribution in [0, 0.1) is 10.1 Å². The highest BCUT2D eigenvalue weighted by Gasteiger charge is 2.37. The van der Waals surface area contributed by atoms with Crippen molar-refractivity contribution in [1.29, 1.82) is 0 Å². The normalized spacial score (nSPS) is 16.0. The molecule has 0 radical (unpaired) electrons. The number of nitro groups is 1. The third-order valence-electron chi connectivity index (χ3n) is 3.75. The minimum atomic E-state index is -4.72. The Balaban J connectivity index is 1.99. The van der Waals surface area contributed by atoms with Gasteiger partial charge < -0.3 is 0 Å². The van der Waals surface area contributed by atoms with Crippen LogP contribution in [0.2, 0.25) is 0 Å². The van der Waals surface area contributed by atoms with Gasteiger partial charge in [-0.05, 0) is 23.9 Å². The average molecular weight is 441 g/mol. The summed E-state index contributed by atoms with van der Waals surface area (Å²) in [6.07, 6.45) is -3.58. The number of hydrogen-bond donors (Lipinski definition) is 1. The summed E-state index contributed by atoms with van der Waals surface area (Å²) in [6, 6.07) is 5.53. The van der Waals surface area contributed by atoms with Crippen molar-refractivity contribution in [3.63, 3.8) is 0 Å². The second-order valence-corrected chi connectivity index (χ2v) is 7.54. The fourth-order valence-corrected chi connectivity index (χ4v) is 4.02. The van der Waals surface area contributed by atoms with Gasteiger partial charge in [-0.1, -0.05) is 23.5 Å². The van der Waals surface area contributed by atoms with Crippen molar-refractivity contribution >= 4 is 51.0 Å². The highest BCUT2D eigenvalue weighted by Crippen LogP contribution is 2.38. The minimum absolute atomic E-state index is 0.0327. The molecule has 3 heterocycles. The van der Waals surface area contributed by atoms with E-state index in [-0.39, 0.29) is 43.8 Å². The maximum absolute atomic E-state index is 13.0. The largest absolute Gasteiger partial charge is 0.445 e. The molecule has 14 heteroatoms. The van der Waals surface area contributed by atoms with E-state index in [1.165, 1.54) is 24.3 Å². The fourth-order valence-electron chi connectivity index (χ4n) is 2.58. The number of para-hydroxylation sites is 1. The number of amides is 2. The maximum atomic E-state index is 13.0. The summed E-state index contributed by atoms with van der Waals surface area (Å²) in [4.78, 5) is 37.8. The number of thioether (sulfide) groups is 1. The van der Waals surface area contributed by atoms with E-state index in [4.69, 9.17) is 0 Å². The van der Waals surface area contributed by atoms with Crippen LogP contribution in [0.25, 0.3) is 22.3 Å². The Bertz CT molecular complexity index is 1230. The van der Waals surface area contributed by atoms with Crippen molar-refractivity contribution in [3.8, 4) is 11.3 Å². The summed E-state index contributed by atoms with van der Waals surface area (Å²) < 4.78 is 40.0. The second-order valence-electron chi connectivity index (χ2n) is 5.57. The molecule has 9 nitrogen and oxygen atoms in total. The highest BCUT2D eigenvalue weighted by molar-refractivity contribution is 8.18. The maximum Gasteiger partial charge on any atom is 0.445 e. The van der Waals surface area contributed by atoms with Gasteiger partial charge in [-0.2, -0.15) is 13.2 Å². The fraction of sp³-hybridized carbons (Fsp3) is 0.0667. The number of nitro benzene ring substituents is 1. The summed E-state index contributed by atoms with van der Waals surface area (Å²) in [5.41, 5.74) is -0.419. The number of nitrogens with zero attached hydrogens (tertiary/aromatic N) is 4. The molecule has 1 N–H and O–H groups in total. The SMILES string of the molecule is O=C1NC(=O)/C(=C/c2c(-c3ccccc3[N+](=O)[O-])nc3sc(C(F)(F)F)nn23)S1. The van der Waals surface area contributed by atoms with Crippen LogP contribution in [0.3, 0.4) is 0 Å². The van der Waals surface area contributed by atoms with Crippen molar-refractivity contribution in [3.05, 3.63) is 50.0 Å². The summed E-state index contributed by atoms with van der Waals surface area (Å²) in [5.74, 6) is -0.741. The number of imide groups is 1. The molecule has 0 atom stereocenters. The zero-order valence-electron chi connectivity index (χ0n) is 13.8. The quantitative estimate of drug-likeness (QED) is 0.374. The third-order valence-corrected chi connectivity index (χ3v) is 5.51. The zero-order valence-corrected chi connectivity index (χ0v) is 15.4. The molecular formula is C15H6F3N5O4S2. The molecule has 1 fully saturated rings. The Hall–Kier alpha value is -3.26. The Kier molecular flexibility index (Phi) is 4.38. The first-order valence-electron chi connectivity index (χ1n) is 7.60. The van der Waals surface area contributed by atoms with E-state index in [2.05, 4.69) is 10.1 Å². The average Bonchev–Trinajstić information content (AvgIpc) is 3.28. The van der Waals surface area contributed by atoms with Crippen LogP contribution >= 0.6 is 23.1 Å². The number of benzene rings is 1. The van der Waals surface area contributed by atoms with Crippen molar-refractivity contribution in [2.75, 3.05) is 0 Å². The topological polar surface area (TPSA) is 120 Å². The Morgan fingerprint density at radius 2 is 1.97 bits per heavy atom. The highest BCUT2D eigenvalue weighted by atomic mass is 32.2. The van der Waals surface area contributed by atoms with E-state index < -0.39 is 27.3 Å². The van der Waals surface area contributed by atoms with Crippen molar-refractivity contribution in [1.82, 2.24) is 19.9 Å². The van der Waals surface area contributed by atoms with Gasteiger partial charge in [0, 0.05) is 6.07 Å². The lowest BCUT2D eigenvalue weighted by atomic mass is 10.1. The number of imidazole rings is 1. The monoisotopic (exact) mass is 441 g/mol. The van der Waals surface area contributed by atoms with Crippen LogP contribution in [0.15, 0.2) is 29.2 Å². The summed E-state index contributed by atoms with van der Waals surface area (Å²) >= 11 is 0.797. The molecule has 0 aliphatic carbocycles. The van der Waals surface area contributed by atoms with Crippen LogP contribution in [0.1, 0.15) is 10.7 Å². The first-order chi connectivity index (χ1) is 13.6. The number of hydrogen-bond acceptors (Lipinski definition) is 8. The Morgan fingerprint density at radius 1 is 1.24 bits per heavy atom. The minimum Gasteiger partial charge on any atom is -0.282 e. The predicted molar refractivity (Wildman–Crippen MR) is 97.1 cm³/mol. The summed E-state index contributed by atoms with van der Waals surface area (Å²) in [6.45, 7) is 0. The summed E-state index contributed by atoms with van der Waals surface area (Å²) in [7, 11) is 0. The Morgan fingerprint density at radius 3 is 2.59 bits per heavy atom. The molecular weight excluding hydrogens is 435 g/mol. The van der Waals surface area contributed by atoms with Crippen LogP contribution in [0.4, 0.5) is 23.7 Å². The third kappa shape index (κ3) is 3.36. The summed E-state index contributed by atoms with van der Waals surface area (Å²) in [5, 5.41) is 15.1. The Labute approximate surface area is 166 Å². The molecule has 2 aromatic heterocycles. The van der Waals surface area contributed by atoms with Crippen molar-refractivity contribution < 1.29 is 27.7 Å². The molecule has 0 bridgehead atoms. The van der Waals surface area contributed by atoms with Gasteiger partial charge in [-0.25, -0.2) is 9.50 Å². The van der Waals surface area contributed by atoms with E-state index in [1.54, 1.807) is 0 Å². The van der Waals surface area contributed by atoms with E-state index >= 15 is 0 Å². The molecule has 0 saturated carbocycles. The molecule has 2 amide bonds. The molecule has 4 rings (SSSR count). The molecule has 3 aromatic rings. The molecule has 29 heavy (non-hydrogen) atoms. The molecule has 0 spiro atoms. The van der Waals surface area contributed by atoms with Gasteiger partial charge in [0.05, 0.1) is 21.1 Å². The van der Waals surface area contributed by atoms with Gasteiger partial charge in [0.15, 0.2) is 0 Å². The van der Waals surface area contributed by atoms with Gasteiger partial charge in [0.25, 0.3) is 16.8 Å². The lowest BCUT2D eigenvalue weighted by Crippen LogP contribution is -2.17. The number of alkyl halides is 3. The number of halogens is 3. The number of rotatable bonds is 3. The van der Waals surface area contributed by atoms with E-state index in [0.717, 1.165) is 10.6 Å². The van der Waals surface area contributed by atoms with Crippen molar-refractivity contribution in [2.45, 2.75) is 6.18 Å². The molecule has 1 saturated heterocycles. The molecule has 1 aromatic carbocycles. The second kappa shape index (κ2) is 6.66. The van der Waals surface area contributed by atoms with Crippen LogP contribution in [0.5, 0.6) is 0 Å². The van der Waals surface area contributed by atoms with E-state index in [0.29, 0.717) is 11.8 Å². The van der Waals surface area contributed by atoms with Crippen LogP contribution in [-0.4, -0.2) is 30.7 Å². The number of fused-ring (bicyclic) bond motifs is 1. The van der Waals surface area contributed by atoms with E-state index in [9.17, 15) is 32.9 Å². The number of aromatic nitrogens is 3. The van der Waals surface area contributed by atoms with Crippen LogP contribution < -0.4 is 5.32 Å². The van der Waals surface area contributed by atoms with Gasteiger partial charge >= 0.3 is 6.18 Å². The van der Waals surface area contributed by atoms with Gasteiger partial charge in [0.2, 0.25) is 9.97 Å². The molecule has 1 aliphatic heterocycles. The smallest absolute Gasteiger partial charge is 0.282 e. The number of carbonyl (C=O) groups is 2. The molecule has 148 valence electrons. The van der Waals surface area contributed by atoms with Gasteiger partial charge in [-0.15, -0.1) is 5.10 Å². The first-order valence-corrected chi connectivity index (χ1v) is 9.24. The van der Waals surface area contributed by atoms with Gasteiger partial charge in [-0.3, -0.25) is 25.0 Å². The molecule has 1 aliphatic rings.